The van der Waals surface area contributed by atoms with Crippen molar-refractivity contribution in [2.24, 2.45) is 5.73 Å². The number of hydrogen-bond donors (Lipinski definition) is 3. The summed E-state index contributed by atoms with van der Waals surface area (Å²) >= 11 is 0. The van der Waals surface area contributed by atoms with E-state index in [1.54, 1.807) is 0 Å². The van der Waals surface area contributed by atoms with Crippen LogP contribution in [0.15, 0.2) is 0 Å². The van der Waals surface area contributed by atoms with Crippen molar-refractivity contribution in [3.05, 3.63) is 0 Å². The normalized spacial score (nSPS) is 20.0. The van der Waals surface area contributed by atoms with Crippen molar-refractivity contribution in [3.8, 4) is 0 Å². The van der Waals surface area contributed by atoms with Crippen LogP contribution in [0.2, 0.25) is 0 Å². The van der Waals surface area contributed by atoms with Crippen LogP contribution in [0.5, 0.6) is 0 Å². The molecule has 1 heterocycles. The molecule has 0 aromatic carbocycles. The van der Waals surface area contributed by atoms with E-state index in [0.29, 0.717) is 13.1 Å². The van der Waals surface area contributed by atoms with Crippen LogP contribution < -0.4 is 11.1 Å². The van der Waals surface area contributed by atoms with Gasteiger partial charge in [0.15, 0.2) is 0 Å². The first-order valence-electron chi connectivity index (χ1n) is 5.10. The van der Waals surface area contributed by atoms with Gasteiger partial charge in [0.1, 0.15) is 19.3 Å². The van der Waals surface area contributed by atoms with Gasteiger partial charge in [0.2, 0.25) is 11.8 Å². The lowest BCUT2D eigenvalue weighted by molar-refractivity contribution is -0.146. The van der Waals surface area contributed by atoms with Crippen molar-refractivity contribution in [2.75, 3.05) is 32.8 Å². The Labute approximate surface area is 97.7 Å². The van der Waals surface area contributed by atoms with E-state index in [1.165, 1.54) is 4.90 Å². The highest BCUT2D eigenvalue weighted by atomic mass is 16.5. The summed E-state index contributed by atoms with van der Waals surface area (Å²) in [6.45, 7) is 0.275. The molecule has 2 amide bonds. The second-order valence-corrected chi connectivity index (χ2v) is 3.64. The summed E-state index contributed by atoms with van der Waals surface area (Å²) in [4.78, 5) is 34.1. The molecule has 0 radical (unpaired) electrons. The summed E-state index contributed by atoms with van der Waals surface area (Å²) in [7, 11) is 0. The fraction of sp³-hybridized carbons (Fsp3) is 0.667. The fourth-order valence-electron chi connectivity index (χ4n) is 1.48. The Morgan fingerprint density at radius 1 is 1.41 bits per heavy atom. The molecule has 0 aromatic heterocycles. The summed E-state index contributed by atoms with van der Waals surface area (Å²) in [5.41, 5.74) is 5.12. The molecule has 0 spiro atoms. The van der Waals surface area contributed by atoms with E-state index in [0.717, 1.165) is 0 Å². The van der Waals surface area contributed by atoms with E-state index in [1.807, 2.05) is 0 Å². The molecule has 1 aliphatic heterocycles. The second kappa shape index (κ2) is 6.16. The standard InChI is InChI=1S/C9H15N3O5/c10-9(16)6-3-12(2-1-11-6)7(13)4-17-5-8(14)15/h6,11H,1-5H2,(H2,10,16)(H,14,15). The number of rotatable bonds is 5. The van der Waals surface area contributed by atoms with E-state index in [4.69, 9.17) is 10.8 Å². The largest absolute Gasteiger partial charge is 0.480 e. The van der Waals surface area contributed by atoms with Gasteiger partial charge < -0.3 is 25.8 Å². The number of nitrogens with zero attached hydrogens (tertiary/aromatic N) is 1. The highest BCUT2D eigenvalue weighted by molar-refractivity contribution is 5.83. The summed E-state index contributed by atoms with van der Waals surface area (Å²) < 4.78 is 4.68. The van der Waals surface area contributed by atoms with Crippen LogP contribution in [0, 0.1) is 0 Å². The van der Waals surface area contributed by atoms with Crippen molar-refractivity contribution in [1.29, 1.82) is 0 Å². The number of carboxylic acids is 1. The average molecular weight is 245 g/mol. The van der Waals surface area contributed by atoms with Crippen molar-refractivity contribution in [3.63, 3.8) is 0 Å². The maximum Gasteiger partial charge on any atom is 0.329 e. The van der Waals surface area contributed by atoms with Gasteiger partial charge in [-0.1, -0.05) is 0 Å². The van der Waals surface area contributed by atoms with Gasteiger partial charge in [-0.25, -0.2) is 4.79 Å². The molecule has 1 saturated heterocycles. The quantitative estimate of drug-likeness (QED) is 0.487. The molecular formula is C9H15N3O5. The SMILES string of the molecule is NC(=O)C1CN(C(=O)COCC(=O)O)CCN1. The number of ether oxygens (including phenoxy) is 1. The van der Waals surface area contributed by atoms with Gasteiger partial charge >= 0.3 is 5.97 Å². The molecule has 0 saturated carbocycles. The molecule has 1 atom stereocenters. The molecule has 1 rings (SSSR count). The lowest BCUT2D eigenvalue weighted by Crippen LogP contribution is -2.58. The molecule has 1 fully saturated rings. The number of nitrogens with two attached hydrogens (primary N) is 1. The Balaban J connectivity index is 2.35. The third kappa shape index (κ3) is 4.37. The van der Waals surface area contributed by atoms with Crippen LogP contribution in [0.4, 0.5) is 0 Å². The molecule has 8 nitrogen and oxygen atoms in total. The number of hydrogen-bond acceptors (Lipinski definition) is 5. The number of nitrogens with one attached hydrogen (secondary N) is 1. The summed E-state index contributed by atoms with van der Waals surface area (Å²) in [5.74, 6) is -2.00. The molecule has 1 aliphatic rings. The molecule has 1 unspecified atom stereocenters. The molecular weight excluding hydrogens is 230 g/mol. The minimum atomic E-state index is -1.13. The maximum absolute atomic E-state index is 11.6. The molecule has 96 valence electrons. The minimum Gasteiger partial charge on any atom is -0.480 e. The van der Waals surface area contributed by atoms with Crippen molar-refractivity contribution < 1.29 is 24.2 Å². The van der Waals surface area contributed by atoms with Crippen LogP contribution >= 0.6 is 0 Å². The van der Waals surface area contributed by atoms with Crippen molar-refractivity contribution >= 4 is 17.8 Å². The number of piperazine rings is 1. The first-order chi connectivity index (χ1) is 8.00. The number of carbonyl (C=O) groups excluding carboxylic acids is 2. The average Bonchev–Trinajstić information content (AvgIpc) is 2.28. The monoisotopic (exact) mass is 245 g/mol. The number of amides is 2. The van der Waals surface area contributed by atoms with Gasteiger partial charge in [0.25, 0.3) is 0 Å². The van der Waals surface area contributed by atoms with Crippen LogP contribution in [0.3, 0.4) is 0 Å². The Morgan fingerprint density at radius 3 is 2.71 bits per heavy atom. The number of carbonyl (C=O) groups is 3. The lowest BCUT2D eigenvalue weighted by Gasteiger charge is -2.31. The van der Waals surface area contributed by atoms with Crippen LogP contribution in [-0.2, 0) is 19.1 Å². The lowest BCUT2D eigenvalue weighted by atomic mass is 10.2. The molecule has 0 aliphatic carbocycles. The number of carboxylic acid groups (broad SMARTS) is 1. The van der Waals surface area contributed by atoms with E-state index in [-0.39, 0.29) is 19.1 Å². The van der Waals surface area contributed by atoms with E-state index < -0.39 is 24.5 Å². The maximum atomic E-state index is 11.6. The molecule has 0 aromatic rings. The third-order valence-electron chi connectivity index (χ3n) is 2.32. The molecule has 4 N–H and O–H groups in total. The predicted octanol–water partition coefficient (Wildman–Crippen LogP) is -2.63. The van der Waals surface area contributed by atoms with Gasteiger partial charge in [-0.05, 0) is 0 Å². The summed E-state index contributed by atoms with van der Waals surface area (Å²) in [6.07, 6.45) is 0. The second-order valence-electron chi connectivity index (χ2n) is 3.64. The predicted molar refractivity (Wildman–Crippen MR) is 56.0 cm³/mol. The molecule has 8 heteroatoms. The number of aliphatic carboxylic acids is 1. The van der Waals surface area contributed by atoms with Crippen LogP contribution in [0.25, 0.3) is 0 Å². The zero-order valence-corrected chi connectivity index (χ0v) is 9.22. The van der Waals surface area contributed by atoms with Gasteiger partial charge in [-0.3, -0.25) is 9.59 Å². The molecule has 17 heavy (non-hydrogen) atoms. The van der Waals surface area contributed by atoms with Crippen molar-refractivity contribution in [1.82, 2.24) is 10.2 Å². The number of primary amides is 1. The smallest absolute Gasteiger partial charge is 0.329 e. The van der Waals surface area contributed by atoms with E-state index >= 15 is 0 Å². The Bertz CT molecular complexity index is 320. The minimum absolute atomic E-state index is 0.185. The van der Waals surface area contributed by atoms with E-state index in [2.05, 4.69) is 10.1 Å². The summed E-state index contributed by atoms with van der Waals surface area (Å²) in [5, 5.41) is 11.2. The van der Waals surface area contributed by atoms with Crippen LogP contribution in [0.1, 0.15) is 0 Å². The van der Waals surface area contributed by atoms with Crippen LogP contribution in [-0.4, -0.2) is 66.7 Å². The van der Waals surface area contributed by atoms with Crippen molar-refractivity contribution in [2.45, 2.75) is 6.04 Å². The zero-order valence-electron chi connectivity index (χ0n) is 9.22. The van der Waals surface area contributed by atoms with Gasteiger partial charge in [-0.2, -0.15) is 0 Å². The first kappa shape index (κ1) is 13.4. The molecule has 0 bridgehead atoms. The first-order valence-corrected chi connectivity index (χ1v) is 5.10. The Kier molecular flexibility index (Phi) is 4.85. The highest BCUT2D eigenvalue weighted by Crippen LogP contribution is 1.99. The van der Waals surface area contributed by atoms with Gasteiger partial charge in [-0.15, -0.1) is 0 Å². The Morgan fingerprint density at radius 2 is 2.12 bits per heavy atom. The van der Waals surface area contributed by atoms with E-state index in [9.17, 15) is 14.4 Å². The van der Waals surface area contributed by atoms with Gasteiger partial charge in [0.05, 0.1) is 0 Å². The highest BCUT2D eigenvalue weighted by Gasteiger charge is 2.26. The topological polar surface area (TPSA) is 122 Å². The third-order valence-corrected chi connectivity index (χ3v) is 2.32. The Hall–Kier alpha value is -1.67. The van der Waals surface area contributed by atoms with Gasteiger partial charge in [0, 0.05) is 19.6 Å². The zero-order chi connectivity index (χ0) is 12.8. The fourth-order valence-corrected chi connectivity index (χ4v) is 1.48. The summed E-state index contributed by atoms with van der Waals surface area (Å²) in [6, 6.07) is -0.563.